The van der Waals surface area contributed by atoms with E-state index >= 15 is 0 Å². The maximum atomic E-state index is 10.6. The third-order valence-electron chi connectivity index (χ3n) is 1.32. The van der Waals surface area contributed by atoms with E-state index in [9.17, 15) is 9.59 Å². The van der Waals surface area contributed by atoms with Gasteiger partial charge in [0.2, 0.25) is 0 Å². The highest BCUT2D eigenvalue weighted by Crippen LogP contribution is 2.04. The Labute approximate surface area is 71.5 Å². The molecule has 0 aromatic rings. The lowest BCUT2D eigenvalue weighted by Crippen LogP contribution is -2.20. The Morgan fingerprint density at radius 2 is 2.00 bits per heavy atom. The van der Waals surface area contributed by atoms with E-state index in [1.165, 1.54) is 6.92 Å². The van der Waals surface area contributed by atoms with Gasteiger partial charge in [-0.1, -0.05) is 0 Å². The highest BCUT2D eigenvalue weighted by atomic mass is 16.5. The molecule has 0 saturated heterocycles. The number of hydrogen-bond acceptors (Lipinski definition) is 3. The van der Waals surface area contributed by atoms with Crippen molar-refractivity contribution in [1.82, 2.24) is 0 Å². The van der Waals surface area contributed by atoms with Crippen LogP contribution >= 0.6 is 0 Å². The fourth-order valence-corrected chi connectivity index (χ4v) is 0.941. The third-order valence-corrected chi connectivity index (χ3v) is 1.32. The first-order valence-corrected chi connectivity index (χ1v) is 3.89. The Morgan fingerprint density at radius 1 is 1.42 bits per heavy atom. The highest BCUT2D eigenvalue weighted by Gasteiger charge is 2.14. The van der Waals surface area contributed by atoms with E-state index in [1.807, 2.05) is 0 Å². The zero-order valence-electron chi connectivity index (χ0n) is 7.37. The Kier molecular flexibility index (Phi) is 5.28. The number of Topliss-reactive ketones (excluding diaryl/α,β-unsaturated/α-hetero) is 1. The second-order valence-corrected chi connectivity index (χ2v) is 2.58. The Bertz CT molecular complexity index is 148. The molecule has 0 amide bonds. The molecule has 0 aromatic carbocycles. The third kappa shape index (κ3) is 5.85. The lowest BCUT2D eigenvalue weighted by molar-refractivity contribution is -0.140. The van der Waals surface area contributed by atoms with Crippen LogP contribution in [0, 0.1) is 0 Å². The molecule has 0 radical (unpaired) electrons. The van der Waals surface area contributed by atoms with E-state index in [0.29, 0.717) is 6.61 Å². The number of carboxylic acid groups (broad SMARTS) is 1. The van der Waals surface area contributed by atoms with Gasteiger partial charge in [-0.05, 0) is 13.8 Å². The fraction of sp³-hybridized carbons (Fsp3) is 0.750. The maximum Gasteiger partial charge on any atom is 0.305 e. The average molecular weight is 174 g/mol. The minimum atomic E-state index is -0.935. The molecule has 0 heterocycles. The van der Waals surface area contributed by atoms with Crippen molar-refractivity contribution in [3.8, 4) is 0 Å². The molecule has 0 aromatic heterocycles. The van der Waals surface area contributed by atoms with Gasteiger partial charge in [-0.3, -0.25) is 9.59 Å². The van der Waals surface area contributed by atoms with E-state index in [-0.39, 0.29) is 18.6 Å². The average Bonchev–Trinajstić information content (AvgIpc) is 1.84. The van der Waals surface area contributed by atoms with E-state index in [0.717, 1.165) is 0 Å². The van der Waals surface area contributed by atoms with Crippen molar-refractivity contribution in [2.45, 2.75) is 32.8 Å². The number of carbonyl (C=O) groups is 2. The monoisotopic (exact) mass is 174 g/mol. The van der Waals surface area contributed by atoms with Gasteiger partial charge in [0.15, 0.2) is 0 Å². The van der Waals surface area contributed by atoms with Crippen LogP contribution < -0.4 is 0 Å². The zero-order valence-corrected chi connectivity index (χ0v) is 7.37. The van der Waals surface area contributed by atoms with Crippen LogP contribution in [0.25, 0.3) is 0 Å². The van der Waals surface area contributed by atoms with Gasteiger partial charge in [-0.15, -0.1) is 0 Å². The highest BCUT2D eigenvalue weighted by molar-refractivity contribution is 5.77. The number of ketones is 1. The molecule has 4 heteroatoms. The first-order chi connectivity index (χ1) is 5.56. The van der Waals surface area contributed by atoms with Crippen LogP contribution in [-0.4, -0.2) is 29.6 Å². The summed E-state index contributed by atoms with van der Waals surface area (Å²) in [5.41, 5.74) is 0. The Balaban J connectivity index is 3.85. The number of carbonyl (C=O) groups excluding carboxylic acids is 1. The molecule has 0 spiro atoms. The fourth-order valence-electron chi connectivity index (χ4n) is 0.941. The number of hydrogen-bond donors (Lipinski definition) is 1. The molecule has 1 atom stereocenters. The van der Waals surface area contributed by atoms with Crippen LogP contribution in [0.3, 0.4) is 0 Å². The molecule has 4 nitrogen and oxygen atoms in total. The molecule has 0 aliphatic carbocycles. The molecule has 0 rings (SSSR count). The predicted octanol–water partition coefficient (Wildman–Crippen LogP) is 0.845. The summed E-state index contributed by atoms with van der Waals surface area (Å²) in [6.45, 7) is 3.63. The van der Waals surface area contributed by atoms with E-state index < -0.39 is 12.1 Å². The van der Waals surface area contributed by atoms with Crippen molar-refractivity contribution in [2.24, 2.45) is 0 Å². The lowest BCUT2D eigenvalue weighted by atomic mass is 10.1. The molecule has 70 valence electrons. The summed E-state index contributed by atoms with van der Waals surface area (Å²) in [5.74, 6) is -0.982. The smallest absolute Gasteiger partial charge is 0.305 e. The van der Waals surface area contributed by atoms with E-state index in [2.05, 4.69) is 0 Å². The van der Waals surface area contributed by atoms with Gasteiger partial charge in [0.05, 0.1) is 12.5 Å². The Morgan fingerprint density at radius 3 is 2.33 bits per heavy atom. The van der Waals surface area contributed by atoms with Gasteiger partial charge in [-0.25, -0.2) is 0 Å². The number of rotatable bonds is 6. The molecule has 0 saturated carbocycles. The van der Waals surface area contributed by atoms with Gasteiger partial charge in [0.25, 0.3) is 0 Å². The largest absolute Gasteiger partial charge is 0.481 e. The second kappa shape index (κ2) is 5.71. The molecule has 0 fully saturated rings. The van der Waals surface area contributed by atoms with Crippen molar-refractivity contribution in [3.63, 3.8) is 0 Å². The van der Waals surface area contributed by atoms with Gasteiger partial charge in [0.1, 0.15) is 5.78 Å². The van der Waals surface area contributed by atoms with Crippen LogP contribution in [0.1, 0.15) is 26.7 Å². The number of ether oxygens (including phenoxy) is 1. The van der Waals surface area contributed by atoms with Crippen molar-refractivity contribution in [2.75, 3.05) is 6.61 Å². The Hall–Kier alpha value is -0.900. The summed E-state index contributed by atoms with van der Waals surface area (Å²) >= 11 is 0. The minimum Gasteiger partial charge on any atom is -0.481 e. The molecule has 0 aliphatic heterocycles. The summed E-state index contributed by atoms with van der Waals surface area (Å²) in [6, 6.07) is 0. The molecular weight excluding hydrogens is 160 g/mol. The van der Waals surface area contributed by atoms with Crippen molar-refractivity contribution < 1.29 is 19.4 Å². The molecule has 12 heavy (non-hydrogen) atoms. The summed E-state index contributed by atoms with van der Waals surface area (Å²) in [5, 5.41) is 8.43. The van der Waals surface area contributed by atoms with Crippen molar-refractivity contribution in [1.29, 1.82) is 0 Å². The summed E-state index contributed by atoms with van der Waals surface area (Å²) in [4.78, 5) is 20.9. The maximum absolute atomic E-state index is 10.6. The standard InChI is InChI=1S/C8H14O4/c1-3-12-7(4-6(2)9)5-8(10)11/h7H,3-5H2,1-2H3,(H,10,11). The normalized spacial score (nSPS) is 12.5. The number of aliphatic carboxylic acids is 1. The summed E-state index contributed by atoms with van der Waals surface area (Å²) < 4.78 is 5.06. The van der Waals surface area contributed by atoms with Gasteiger partial charge >= 0.3 is 5.97 Å². The van der Waals surface area contributed by atoms with E-state index in [4.69, 9.17) is 9.84 Å². The quantitative estimate of drug-likeness (QED) is 0.648. The first-order valence-electron chi connectivity index (χ1n) is 3.89. The predicted molar refractivity (Wildman–Crippen MR) is 43.0 cm³/mol. The summed E-state index contributed by atoms with van der Waals surface area (Å²) in [7, 11) is 0. The molecule has 1 N–H and O–H groups in total. The van der Waals surface area contributed by atoms with Gasteiger partial charge < -0.3 is 9.84 Å². The zero-order chi connectivity index (χ0) is 9.56. The van der Waals surface area contributed by atoms with Crippen LogP contribution in [0.4, 0.5) is 0 Å². The lowest BCUT2D eigenvalue weighted by Gasteiger charge is -2.12. The van der Waals surface area contributed by atoms with Crippen LogP contribution in [0.15, 0.2) is 0 Å². The van der Waals surface area contributed by atoms with Crippen LogP contribution in [0.5, 0.6) is 0 Å². The van der Waals surface area contributed by atoms with Crippen molar-refractivity contribution >= 4 is 11.8 Å². The van der Waals surface area contributed by atoms with Gasteiger partial charge in [0, 0.05) is 13.0 Å². The van der Waals surface area contributed by atoms with Crippen molar-refractivity contribution in [3.05, 3.63) is 0 Å². The second-order valence-electron chi connectivity index (χ2n) is 2.58. The first kappa shape index (κ1) is 11.1. The SMILES string of the molecule is CCOC(CC(C)=O)CC(=O)O. The molecule has 1 unspecified atom stereocenters. The van der Waals surface area contributed by atoms with E-state index in [1.54, 1.807) is 6.92 Å². The molecule has 0 aliphatic rings. The molecule has 0 bridgehead atoms. The van der Waals surface area contributed by atoms with Gasteiger partial charge in [-0.2, -0.15) is 0 Å². The number of carboxylic acids is 1. The van der Waals surface area contributed by atoms with Crippen LogP contribution in [0.2, 0.25) is 0 Å². The van der Waals surface area contributed by atoms with Crippen LogP contribution in [-0.2, 0) is 14.3 Å². The summed E-state index contributed by atoms with van der Waals surface area (Å²) in [6.07, 6.45) is -0.391. The topological polar surface area (TPSA) is 63.6 Å². The minimum absolute atomic E-state index is 0.0466. The molecular formula is C8H14O4.